The van der Waals surface area contributed by atoms with Gasteiger partial charge in [-0.15, -0.1) is 5.10 Å². The van der Waals surface area contributed by atoms with E-state index in [1.165, 1.54) is 0 Å². The van der Waals surface area contributed by atoms with E-state index < -0.39 is 6.17 Å². The van der Waals surface area contributed by atoms with Gasteiger partial charge in [0.15, 0.2) is 0 Å². The zero-order valence-corrected chi connectivity index (χ0v) is 15.7. The first-order chi connectivity index (χ1) is 10.9. The van der Waals surface area contributed by atoms with E-state index >= 15 is 0 Å². The van der Waals surface area contributed by atoms with Crippen molar-refractivity contribution < 1.29 is 9.13 Å². The summed E-state index contributed by atoms with van der Waals surface area (Å²) in [5.74, 6) is 0.695. The molecule has 0 radical (unpaired) electrons. The molecule has 0 amide bonds. The minimum Gasteiger partial charge on any atom is -0.378 e. The predicted octanol–water partition coefficient (Wildman–Crippen LogP) is 3.52. The fourth-order valence-electron chi connectivity index (χ4n) is 3.09. The van der Waals surface area contributed by atoms with Crippen LogP contribution in [-0.2, 0) is 4.74 Å². The monoisotopic (exact) mass is 432 g/mol. The van der Waals surface area contributed by atoms with Crippen LogP contribution in [0.15, 0.2) is 6.07 Å². The summed E-state index contributed by atoms with van der Waals surface area (Å²) in [5, 5.41) is 4.41. The largest absolute Gasteiger partial charge is 0.378 e. The maximum absolute atomic E-state index is 14.4. The van der Waals surface area contributed by atoms with Gasteiger partial charge in [-0.3, -0.25) is 0 Å². The van der Waals surface area contributed by atoms with Crippen molar-refractivity contribution in [3.8, 4) is 0 Å². The molecule has 3 rings (SSSR count). The molecule has 2 aromatic rings. The van der Waals surface area contributed by atoms with E-state index in [1.54, 1.807) is 0 Å². The summed E-state index contributed by atoms with van der Waals surface area (Å²) in [4.78, 5) is 4.38. The van der Waals surface area contributed by atoms with E-state index in [2.05, 4.69) is 53.4 Å². The van der Waals surface area contributed by atoms with Crippen molar-refractivity contribution >= 4 is 34.1 Å². The Bertz CT molecular complexity index is 718. The molecule has 1 unspecified atom stereocenters. The maximum atomic E-state index is 14.4. The lowest BCUT2D eigenvalue weighted by Crippen LogP contribution is -2.28. The van der Waals surface area contributed by atoms with Gasteiger partial charge in [-0.05, 0) is 41.0 Å². The van der Waals surface area contributed by atoms with E-state index in [0.717, 1.165) is 14.8 Å². The van der Waals surface area contributed by atoms with Crippen molar-refractivity contribution in [1.29, 1.82) is 0 Å². The van der Waals surface area contributed by atoms with Gasteiger partial charge in [0.2, 0.25) is 5.95 Å². The van der Waals surface area contributed by atoms with Crippen molar-refractivity contribution in [3.05, 3.63) is 21.0 Å². The Hall–Kier alpha value is -0.960. The maximum Gasteiger partial charge on any atom is 0.238 e. The van der Waals surface area contributed by atoms with Crippen LogP contribution in [-0.4, -0.2) is 34.0 Å². The average molecular weight is 432 g/mol. The Morgan fingerprint density at radius 3 is 2.83 bits per heavy atom. The van der Waals surface area contributed by atoms with Crippen LogP contribution in [0.1, 0.15) is 50.4 Å². The van der Waals surface area contributed by atoms with Gasteiger partial charge in [-0.25, -0.2) is 13.9 Å². The Kier molecular flexibility index (Phi) is 4.78. The Balaban J connectivity index is 2.18. The van der Waals surface area contributed by atoms with Crippen molar-refractivity contribution in [2.75, 3.05) is 18.9 Å². The first kappa shape index (κ1) is 16.9. The second kappa shape index (κ2) is 6.51. The fraction of sp³-hybridized carbons (Fsp3) is 0.625. The quantitative estimate of drug-likeness (QED) is 0.754. The first-order valence-corrected chi connectivity index (χ1v) is 9.04. The standard InChI is InChI=1S/C16H22FIN4O/c1-8(2)9(3)15-12(18)6-13-14(20-16(19)21-22(13)15)10-4-5-23-7-11(10)17/h6,8-11H,4-5,7H2,1-3H3,(H2,19,21)/t9?,10-,11+/m0/s1. The molecule has 1 saturated heterocycles. The van der Waals surface area contributed by atoms with Crippen LogP contribution in [0.2, 0.25) is 0 Å². The zero-order chi connectivity index (χ0) is 16.7. The normalized spacial score (nSPS) is 23.6. The molecule has 2 aromatic heterocycles. The lowest BCUT2D eigenvalue weighted by molar-refractivity contribution is 0.0211. The highest BCUT2D eigenvalue weighted by Crippen LogP contribution is 2.35. The van der Waals surface area contributed by atoms with E-state index in [4.69, 9.17) is 10.5 Å². The van der Waals surface area contributed by atoms with E-state index in [1.807, 2.05) is 10.6 Å². The lowest BCUT2D eigenvalue weighted by Gasteiger charge is -2.26. The third kappa shape index (κ3) is 3.05. The number of hydrogen-bond donors (Lipinski definition) is 1. The molecule has 0 saturated carbocycles. The number of aromatic nitrogens is 3. The third-order valence-corrected chi connectivity index (χ3v) is 5.60. The van der Waals surface area contributed by atoms with E-state index in [9.17, 15) is 4.39 Å². The highest BCUT2D eigenvalue weighted by molar-refractivity contribution is 14.1. The Labute approximate surface area is 148 Å². The third-order valence-electron chi connectivity index (χ3n) is 4.73. The summed E-state index contributed by atoms with van der Waals surface area (Å²) in [7, 11) is 0. The molecule has 0 aliphatic carbocycles. The van der Waals surface area contributed by atoms with Gasteiger partial charge in [-0.1, -0.05) is 20.8 Å². The Morgan fingerprint density at radius 2 is 2.17 bits per heavy atom. The van der Waals surface area contributed by atoms with Gasteiger partial charge in [0.1, 0.15) is 6.17 Å². The van der Waals surface area contributed by atoms with E-state index in [-0.39, 0.29) is 18.5 Å². The number of anilines is 1. The molecule has 3 atom stereocenters. The molecular weight excluding hydrogens is 410 g/mol. The van der Waals surface area contributed by atoms with Crippen LogP contribution in [0.5, 0.6) is 0 Å². The number of ether oxygens (including phenoxy) is 1. The number of nitrogens with zero attached hydrogens (tertiary/aromatic N) is 3. The molecule has 5 nitrogen and oxygen atoms in total. The average Bonchev–Trinajstić information content (AvgIpc) is 2.82. The van der Waals surface area contributed by atoms with Gasteiger partial charge in [0.05, 0.1) is 23.5 Å². The van der Waals surface area contributed by atoms with Gasteiger partial charge < -0.3 is 10.5 Å². The Morgan fingerprint density at radius 1 is 1.43 bits per heavy atom. The van der Waals surface area contributed by atoms with E-state index in [0.29, 0.717) is 30.6 Å². The summed E-state index contributed by atoms with van der Waals surface area (Å²) in [5.41, 5.74) is 8.61. The molecule has 0 bridgehead atoms. The molecule has 1 aliphatic heterocycles. The van der Waals surface area contributed by atoms with Crippen molar-refractivity contribution in [1.82, 2.24) is 14.6 Å². The van der Waals surface area contributed by atoms with Gasteiger partial charge in [0.25, 0.3) is 0 Å². The summed E-state index contributed by atoms with van der Waals surface area (Å²) in [6.45, 7) is 7.21. The topological polar surface area (TPSA) is 65.4 Å². The summed E-state index contributed by atoms with van der Waals surface area (Å²) >= 11 is 2.32. The molecule has 126 valence electrons. The summed E-state index contributed by atoms with van der Waals surface area (Å²) < 4.78 is 22.6. The molecule has 0 aromatic carbocycles. The molecular formula is C16H22FIN4O. The lowest BCUT2D eigenvalue weighted by atomic mass is 9.94. The molecule has 3 heterocycles. The predicted molar refractivity (Wildman–Crippen MR) is 96.4 cm³/mol. The van der Waals surface area contributed by atoms with Crippen molar-refractivity contribution in [2.45, 2.75) is 45.2 Å². The van der Waals surface area contributed by atoms with Gasteiger partial charge in [-0.2, -0.15) is 0 Å². The number of nitrogens with two attached hydrogens (primary N) is 1. The number of hydrogen-bond acceptors (Lipinski definition) is 4. The van der Waals surface area contributed by atoms with Crippen molar-refractivity contribution in [2.24, 2.45) is 5.92 Å². The van der Waals surface area contributed by atoms with Crippen molar-refractivity contribution in [3.63, 3.8) is 0 Å². The smallest absolute Gasteiger partial charge is 0.238 e. The van der Waals surface area contributed by atoms with Crippen LogP contribution < -0.4 is 5.73 Å². The summed E-state index contributed by atoms with van der Waals surface area (Å²) in [6, 6.07) is 2.05. The number of halogens is 2. The second-order valence-corrected chi connectivity index (χ2v) is 7.71. The molecule has 1 aliphatic rings. The first-order valence-electron chi connectivity index (χ1n) is 7.96. The SMILES string of the molecule is CC(C)C(C)c1c(I)cc2c([C@H]3CCOC[C@H]3F)nc(N)nn12. The number of nitrogen functional groups attached to an aromatic ring is 1. The highest BCUT2D eigenvalue weighted by atomic mass is 127. The van der Waals surface area contributed by atoms with Gasteiger partial charge in [0, 0.05) is 22.0 Å². The van der Waals surface area contributed by atoms with Crippen LogP contribution in [0.4, 0.5) is 10.3 Å². The molecule has 2 N–H and O–H groups in total. The van der Waals surface area contributed by atoms with Crippen LogP contribution in [0.3, 0.4) is 0 Å². The summed E-state index contributed by atoms with van der Waals surface area (Å²) in [6.07, 6.45) is -0.440. The minimum atomic E-state index is -1.06. The minimum absolute atomic E-state index is 0.119. The molecule has 7 heteroatoms. The zero-order valence-electron chi connectivity index (χ0n) is 13.6. The molecule has 23 heavy (non-hydrogen) atoms. The van der Waals surface area contributed by atoms with Gasteiger partial charge >= 0.3 is 0 Å². The second-order valence-electron chi connectivity index (χ2n) is 6.55. The van der Waals surface area contributed by atoms with Crippen LogP contribution in [0.25, 0.3) is 5.52 Å². The van der Waals surface area contributed by atoms with Crippen LogP contribution >= 0.6 is 22.6 Å². The van der Waals surface area contributed by atoms with Crippen LogP contribution in [0, 0.1) is 9.49 Å². The number of fused-ring (bicyclic) bond motifs is 1. The fourth-order valence-corrected chi connectivity index (χ4v) is 4.11. The molecule has 0 spiro atoms. The highest BCUT2D eigenvalue weighted by Gasteiger charge is 2.31. The number of rotatable bonds is 3. The number of alkyl halides is 1. The molecule has 1 fully saturated rings.